The Labute approximate surface area is 204 Å². The Morgan fingerprint density at radius 3 is 2.34 bits per heavy atom. The first kappa shape index (κ1) is 24.5. The summed E-state index contributed by atoms with van der Waals surface area (Å²) in [5.41, 5.74) is 3.58. The Bertz CT molecular complexity index is 1110. The first-order chi connectivity index (χ1) is 17.0. The molecule has 35 heavy (non-hydrogen) atoms. The monoisotopic (exact) mass is 478 g/mol. The summed E-state index contributed by atoms with van der Waals surface area (Å²) in [5.74, 6) is -0.320. The lowest BCUT2D eigenvalue weighted by molar-refractivity contribution is -0.147. The van der Waals surface area contributed by atoms with Crippen molar-refractivity contribution in [2.75, 3.05) is 45.1 Å². The van der Waals surface area contributed by atoms with E-state index in [1.807, 2.05) is 56.6 Å². The van der Waals surface area contributed by atoms with Crippen molar-refractivity contribution in [2.45, 2.75) is 18.3 Å². The standard InChI is InChI=1S/C27H30N2O6/c1-28-19-9-4-17(5-10-19)7-12-22(30)20-15-33-27-24(16-34-26(20)27)35-25(31)13-8-18-6-11-21(29-2)23(14-18)32-3/h4-14,20,24,26-29H,15-16H2,1-3H3/b12-7+,13-8+/t20-,24-,26-,27-/m1/s1. The number of benzene rings is 2. The minimum absolute atomic E-state index is 0.0685. The molecule has 0 saturated carbocycles. The fourth-order valence-electron chi connectivity index (χ4n) is 4.24. The Morgan fingerprint density at radius 2 is 1.63 bits per heavy atom. The molecule has 184 valence electrons. The third-order valence-electron chi connectivity index (χ3n) is 6.19. The van der Waals surface area contributed by atoms with Crippen LogP contribution in [0.4, 0.5) is 11.4 Å². The molecule has 8 nitrogen and oxygen atoms in total. The summed E-state index contributed by atoms with van der Waals surface area (Å²) >= 11 is 0. The topological polar surface area (TPSA) is 95.1 Å². The molecule has 2 aliphatic heterocycles. The summed E-state index contributed by atoms with van der Waals surface area (Å²) in [5, 5.41) is 6.10. The maximum atomic E-state index is 12.8. The zero-order chi connectivity index (χ0) is 24.8. The van der Waals surface area contributed by atoms with E-state index in [1.165, 1.54) is 6.08 Å². The van der Waals surface area contributed by atoms with Gasteiger partial charge >= 0.3 is 5.97 Å². The molecular formula is C27H30N2O6. The van der Waals surface area contributed by atoms with Crippen LogP contribution in [0.25, 0.3) is 12.2 Å². The van der Waals surface area contributed by atoms with Gasteiger partial charge in [-0.05, 0) is 47.5 Å². The molecule has 2 fully saturated rings. The Hall–Kier alpha value is -3.62. The van der Waals surface area contributed by atoms with Crippen molar-refractivity contribution in [2.24, 2.45) is 5.92 Å². The van der Waals surface area contributed by atoms with E-state index in [-0.39, 0.29) is 19.0 Å². The molecule has 2 aromatic rings. The molecule has 2 aromatic carbocycles. The van der Waals surface area contributed by atoms with E-state index in [2.05, 4.69) is 10.6 Å². The number of carbonyl (C=O) groups excluding carboxylic acids is 2. The van der Waals surface area contributed by atoms with Gasteiger partial charge in [-0.1, -0.05) is 24.3 Å². The quantitative estimate of drug-likeness (QED) is 0.418. The Kier molecular flexibility index (Phi) is 7.84. The van der Waals surface area contributed by atoms with Crippen LogP contribution in [0.15, 0.2) is 54.6 Å². The van der Waals surface area contributed by atoms with E-state index >= 15 is 0 Å². The normalized spacial score (nSPS) is 23.4. The highest BCUT2D eigenvalue weighted by molar-refractivity contribution is 5.96. The molecule has 0 aliphatic carbocycles. The lowest BCUT2D eigenvalue weighted by Gasteiger charge is -2.15. The van der Waals surface area contributed by atoms with Crippen molar-refractivity contribution in [3.63, 3.8) is 0 Å². The van der Waals surface area contributed by atoms with E-state index in [0.29, 0.717) is 5.75 Å². The summed E-state index contributed by atoms with van der Waals surface area (Å²) in [6.07, 6.45) is 4.91. The smallest absolute Gasteiger partial charge is 0.331 e. The van der Waals surface area contributed by atoms with Gasteiger partial charge in [0, 0.05) is 25.9 Å². The molecule has 2 saturated heterocycles. The van der Waals surface area contributed by atoms with Gasteiger partial charge in [0.2, 0.25) is 0 Å². The van der Waals surface area contributed by atoms with Crippen LogP contribution in [0.1, 0.15) is 11.1 Å². The number of anilines is 2. The summed E-state index contributed by atoms with van der Waals surface area (Å²) in [6.45, 7) is 0.428. The fourth-order valence-corrected chi connectivity index (χ4v) is 4.24. The third-order valence-corrected chi connectivity index (χ3v) is 6.19. The SMILES string of the molecule is CNc1ccc(/C=C/C(=O)[C@H]2CO[C@H]3[C@@H]2OC[C@H]3OC(=O)/C=C/c2ccc(NC)c(OC)c2)cc1. The summed E-state index contributed by atoms with van der Waals surface area (Å²) in [6, 6.07) is 13.3. The largest absolute Gasteiger partial charge is 0.495 e. The van der Waals surface area contributed by atoms with E-state index in [1.54, 1.807) is 25.3 Å². The average Bonchev–Trinajstić information content (AvgIpc) is 3.49. The average molecular weight is 479 g/mol. The molecule has 0 radical (unpaired) electrons. The second-order valence-corrected chi connectivity index (χ2v) is 8.33. The number of hydrogen-bond donors (Lipinski definition) is 2. The number of fused-ring (bicyclic) bond motifs is 1. The number of allylic oxidation sites excluding steroid dienone is 1. The lowest BCUT2D eigenvalue weighted by atomic mass is 9.96. The van der Waals surface area contributed by atoms with Crippen LogP contribution in [-0.2, 0) is 23.8 Å². The maximum absolute atomic E-state index is 12.8. The molecule has 0 unspecified atom stereocenters. The Morgan fingerprint density at radius 1 is 0.914 bits per heavy atom. The summed E-state index contributed by atoms with van der Waals surface area (Å²) in [4.78, 5) is 25.2. The van der Waals surface area contributed by atoms with Crippen LogP contribution in [-0.4, -0.2) is 64.5 Å². The molecule has 4 rings (SSSR count). The molecule has 4 atom stereocenters. The van der Waals surface area contributed by atoms with Crippen molar-refractivity contribution in [1.82, 2.24) is 0 Å². The molecular weight excluding hydrogens is 448 g/mol. The number of methoxy groups -OCH3 is 1. The van der Waals surface area contributed by atoms with Crippen LogP contribution < -0.4 is 15.4 Å². The second-order valence-electron chi connectivity index (χ2n) is 8.33. The minimum Gasteiger partial charge on any atom is -0.495 e. The van der Waals surface area contributed by atoms with Crippen LogP contribution in [0.3, 0.4) is 0 Å². The first-order valence-electron chi connectivity index (χ1n) is 11.5. The molecule has 0 amide bonds. The van der Waals surface area contributed by atoms with E-state index < -0.39 is 30.2 Å². The van der Waals surface area contributed by atoms with Gasteiger partial charge in [0.1, 0.15) is 11.9 Å². The number of ether oxygens (including phenoxy) is 4. The molecule has 2 N–H and O–H groups in total. The Balaban J connectivity index is 1.32. The molecule has 2 aliphatic rings. The van der Waals surface area contributed by atoms with Crippen molar-refractivity contribution in [3.8, 4) is 5.75 Å². The number of nitrogens with one attached hydrogen (secondary N) is 2. The third kappa shape index (κ3) is 5.72. The van der Waals surface area contributed by atoms with E-state index in [0.717, 1.165) is 22.5 Å². The van der Waals surface area contributed by atoms with Gasteiger partial charge in [-0.15, -0.1) is 0 Å². The zero-order valence-electron chi connectivity index (χ0n) is 20.0. The molecule has 8 heteroatoms. The van der Waals surface area contributed by atoms with Gasteiger partial charge in [-0.2, -0.15) is 0 Å². The molecule has 0 bridgehead atoms. The van der Waals surface area contributed by atoms with Gasteiger partial charge in [-0.3, -0.25) is 4.79 Å². The molecule has 2 heterocycles. The van der Waals surface area contributed by atoms with Crippen molar-refractivity contribution in [1.29, 1.82) is 0 Å². The highest BCUT2D eigenvalue weighted by Gasteiger charge is 2.51. The summed E-state index contributed by atoms with van der Waals surface area (Å²) < 4.78 is 22.5. The maximum Gasteiger partial charge on any atom is 0.331 e. The van der Waals surface area contributed by atoms with Gasteiger partial charge in [0.05, 0.1) is 38.0 Å². The molecule has 0 aromatic heterocycles. The predicted molar refractivity (Wildman–Crippen MR) is 134 cm³/mol. The van der Waals surface area contributed by atoms with E-state index in [4.69, 9.17) is 18.9 Å². The second kappa shape index (κ2) is 11.2. The van der Waals surface area contributed by atoms with Crippen LogP contribution in [0.2, 0.25) is 0 Å². The van der Waals surface area contributed by atoms with Gasteiger partial charge in [0.15, 0.2) is 11.9 Å². The first-order valence-corrected chi connectivity index (χ1v) is 11.5. The number of ketones is 1. The van der Waals surface area contributed by atoms with Crippen LogP contribution in [0.5, 0.6) is 5.75 Å². The van der Waals surface area contributed by atoms with Gasteiger partial charge in [0.25, 0.3) is 0 Å². The number of carbonyl (C=O) groups is 2. The zero-order valence-corrected chi connectivity index (χ0v) is 20.0. The van der Waals surface area contributed by atoms with Crippen LogP contribution >= 0.6 is 0 Å². The highest BCUT2D eigenvalue weighted by Crippen LogP contribution is 2.34. The fraction of sp³-hybridized carbons (Fsp3) is 0.333. The predicted octanol–water partition coefficient (Wildman–Crippen LogP) is 3.40. The number of hydrogen-bond acceptors (Lipinski definition) is 8. The van der Waals surface area contributed by atoms with Gasteiger partial charge in [-0.25, -0.2) is 4.79 Å². The number of esters is 1. The van der Waals surface area contributed by atoms with Crippen molar-refractivity contribution < 1.29 is 28.5 Å². The minimum atomic E-state index is -0.561. The van der Waals surface area contributed by atoms with Gasteiger partial charge < -0.3 is 29.6 Å². The molecule has 0 spiro atoms. The highest BCUT2D eigenvalue weighted by atomic mass is 16.6. The van der Waals surface area contributed by atoms with Crippen molar-refractivity contribution in [3.05, 3.63) is 65.7 Å². The van der Waals surface area contributed by atoms with Crippen LogP contribution in [0, 0.1) is 5.92 Å². The number of rotatable bonds is 9. The summed E-state index contributed by atoms with van der Waals surface area (Å²) in [7, 11) is 5.25. The van der Waals surface area contributed by atoms with E-state index in [9.17, 15) is 9.59 Å². The van der Waals surface area contributed by atoms with Crippen molar-refractivity contribution >= 4 is 35.3 Å². The lowest BCUT2D eigenvalue weighted by Crippen LogP contribution is -2.34.